The van der Waals surface area contributed by atoms with Crippen molar-refractivity contribution in [1.29, 1.82) is 0 Å². The largest absolute Gasteiger partial charge is 0.486 e. The van der Waals surface area contributed by atoms with E-state index in [1.165, 1.54) is 6.20 Å². The molecule has 5 aromatic rings. The Morgan fingerprint density at radius 3 is 2.61 bits per heavy atom. The summed E-state index contributed by atoms with van der Waals surface area (Å²) in [5.74, 6) is 0.0111. The maximum atomic E-state index is 12.9. The van der Waals surface area contributed by atoms with E-state index in [0.717, 1.165) is 16.6 Å². The highest BCUT2D eigenvalue weighted by atomic mass is 16.5. The van der Waals surface area contributed by atoms with Crippen molar-refractivity contribution >= 4 is 28.7 Å². The van der Waals surface area contributed by atoms with Gasteiger partial charge in [-0.3, -0.25) is 9.59 Å². The summed E-state index contributed by atoms with van der Waals surface area (Å²) in [5.41, 5.74) is 3.78. The molecule has 0 aliphatic heterocycles. The molecule has 178 valence electrons. The van der Waals surface area contributed by atoms with E-state index in [9.17, 15) is 9.59 Å². The third kappa shape index (κ3) is 5.20. The lowest BCUT2D eigenvalue weighted by atomic mass is 10.1. The molecule has 3 aromatic heterocycles. The molecule has 5 rings (SSSR count). The van der Waals surface area contributed by atoms with Gasteiger partial charge in [-0.15, -0.1) is 0 Å². The molecule has 0 spiro atoms. The summed E-state index contributed by atoms with van der Waals surface area (Å²) in [6.45, 7) is 0.562. The van der Waals surface area contributed by atoms with E-state index in [0.29, 0.717) is 29.3 Å². The summed E-state index contributed by atoms with van der Waals surface area (Å²) in [5, 5.41) is 5.64. The number of anilines is 1. The Bertz CT molecular complexity index is 1520. The van der Waals surface area contributed by atoms with Crippen molar-refractivity contribution in [3.8, 4) is 5.75 Å². The predicted molar refractivity (Wildman–Crippen MR) is 134 cm³/mol. The summed E-state index contributed by atoms with van der Waals surface area (Å²) in [6.07, 6.45) is 4.65. The molecule has 0 aliphatic rings. The van der Waals surface area contributed by atoms with Gasteiger partial charge in [0.1, 0.15) is 17.9 Å². The van der Waals surface area contributed by atoms with Crippen LogP contribution in [0.25, 0.3) is 11.0 Å². The van der Waals surface area contributed by atoms with Crippen molar-refractivity contribution in [3.63, 3.8) is 0 Å². The van der Waals surface area contributed by atoms with Crippen molar-refractivity contribution in [1.82, 2.24) is 25.3 Å². The lowest BCUT2D eigenvalue weighted by molar-refractivity contribution is 0.0951. The summed E-state index contributed by atoms with van der Waals surface area (Å²) >= 11 is 0. The number of carbonyl (C=O) groups is 2. The number of pyridine rings is 2. The number of imidazole rings is 1. The maximum absolute atomic E-state index is 12.9. The predicted octanol–water partition coefficient (Wildman–Crippen LogP) is 4.11. The van der Waals surface area contributed by atoms with Crippen molar-refractivity contribution in [2.75, 3.05) is 5.32 Å². The fraction of sp³-hybridized carbons (Fsp3) is 0.0741. The fourth-order valence-corrected chi connectivity index (χ4v) is 3.67. The van der Waals surface area contributed by atoms with Crippen LogP contribution >= 0.6 is 0 Å². The zero-order valence-corrected chi connectivity index (χ0v) is 19.1. The molecule has 9 heteroatoms. The monoisotopic (exact) mass is 478 g/mol. The van der Waals surface area contributed by atoms with Crippen LogP contribution < -0.4 is 15.4 Å². The number of ether oxygens (including phenoxy) is 1. The molecule has 0 atom stereocenters. The Balaban J connectivity index is 1.23. The Labute approximate surface area is 206 Å². The van der Waals surface area contributed by atoms with Crippen LogP contribution in [0.5, 0.6) is 5.75 Å². The Morgan fingerprint density at radius 2 is 1.72 bits per heavy atom. The van der Waals surface area contributed by atoms with Crippen LogP contribution in [0, 0.1) is 0 Å². The number of carbonyl (C=O) groups excluding carboxylic acids is 2. The first-order chi connectivity index (χ1) is 17.7. The number of benzene rings is 2. The molecule has 2 amide bonds. The lowest BCUT2D eigenvalue weighted by Crippen LogP contribution is -2.23. The molecular weight excluding hydrogens is 456 g/mol. The van der Waals surface area contributed by atoms with Crippen LogP contribution in [0.15, 0.2) is 91.5 Å². The quantitative estimate of drug-likeness (QED) is 0.309. The molecule has 0 fully saturated rings. The van der Waals surface area contributed by atoms with E-state index in [2.05, 4.69) is 30.6 Å². The number of para-hydroxylation sites is 1. The van der Waals surface area contributed by atoms with Crippen molar-refractivity contribution in [3.05, 3.63) is 114 Å². The highest BCUT2D eigenvalue weighted by molar-refractivity contribution is 6.05. The van der Waals surface area contributed by atoms with Gasteiger partial charge in [0.25, 0.3) is 11.8 Å². The SMILES string of the molecule is O=C(Nc1cc(CNC(=O)c2cccc3[nH]cnc23)ccn1)c1ncccc1OCc1ccccc1. The van der Waals surface area contributed by atoms with Gasteiger partial charge in [-0.1, -0.05) is 36.4 Å². The Hall–Kier alpha value is -5.05. The minimum absolute atomic E-state index is 0.154. The second-order valence-electron chi connectivity index (χ2n) is 7.91. The molecule has 0 aliphatic carbocycles. The summed E-state index contributed by atoms with van der Waals surface area (Å²) in [6, 6.07) is 21.9. The van der Waals surface area contributed by atoms with Crippen molar-refractivity contribution < 1.29 is 14.3 Å². The second-order valence-corrected chi connectivity index (χ2v) is 7.91. The van der Waals surface area contributed by atoms with E-state index in [1.54, 1.807) is 48.9 Å². The Kier molecular flexibility index (Phi) is 6.61. The number of rotatable bonds is 8. The standard InChI is InChI=1S/C27H22N6O3/c34-26(20-8-4-9-21-24(20)32-17-31-21)30-15-19-11-13-28-23(14-19)33-27(35)25-22(10-5-12-29-25)36-16-18-6-2-1-3-7-18/h1-14,17H,15-16H2,(H,30,34)(H,31,32)(H,28,33,35). The molecule has 3 N–H and O–H groups in total. The van der Waals surface area contributed by atoms with Gasteiger partial charge < -0.3 is 20.4 Å². The first kappa shape index (κ1) is 22.7. The van der Waals surface area contributed by atoms with Gasteiger partial charge in [0.2, 0.25) is 0 Å². The van der Waals surface area contributed by atoms with Gasteiger partial charge in [-0.2, -0.15) is 0 Å². The van der Waals surface area contributed by atoms with Gasteiger partial charge in [-0.25, -0.2) is 15.0 Å². The topological polar surface area (TPSA) is 122 Å². The number of nitrogens with one attached hydrogen (secondary N) is 3. The number of aromatic amines is 1. The Morgan fingerprint density at radius 1 is 0.833 bits per heavy atom. The average molecular weight is 479 g/mol. The van der Waals surface area contributed by atoms with Crippen LogP contribution in [0.1, 0.15) is 32.0 Å². The van der Waals surface area contributed by atoms with E-state index in [1.807, 2.05) is 36.4 Å². The highest BCUT2D eigenvalue weighted by Gasteiger charge is 2.16. The molecule has 9 nitrogen and oxygen atoms in total. The zero-order chi connectivity index (χ0) is 24.7. The fourth-order valence-electron chi connectivity index (χ4n) is 3.67. The van der Waals surface area contributed by atoms with E-state index in [-0.39, 0.29) is 18.1 Å². The summed E-state index contributed by atoms with van der Waals surface area (Å²) in [4.78, 5) is 41.3. The van der Waals surface area contributed by atoms with Crippen LogP contribution in [0.2, 0.25) is 0 Å². The normalized spacial score (nSPS) is 10.7. The molecule has 36 heavy (non-hydrogen) atoms. The number of hydrogen-bond acceptors (Lipinski definition) is 6. The van der Waals surface area contributed by atoms with E-state index < -0.39 is 5.91 Å². The van der Waals surface area contributed by atoms with Gasteiger partial charge in [0.05, 0.1) is 17.4 Å². The third-order valence-corrected chi connectivity index (χ3v) is 5.44. The number of H-pyrrole nitrogens is 1. The van der Waals surface area contributed by atoms with Gasteiger partial charge in [0, 0.05) is 18.9 Å². The van der Waals surface area contributed by atoms with E-state index in [4.69, 9.17) is 4.74 Å². The minimum Gasteiger partial charge on any atom is -0.486 e. The third-order valence-electron chi connectivity index (χ3n) is 5.44. The minimum atomic E-state index is -0.447. The molecule has 0 saturated heterocycles. The smallest absolute Gasteiger partial charge is 0.279 e. The first-order valence-electron chi connectivity index (χ1n) is 11.3. The average Bonchev–Trinajstić information content (AvgIpc) is 3.41. The first-order valence-corrected chi connectivity index (χ1v) is 11.3. The number of nitrogens with zero attached hydrogens (tertiary/aromatic N) is 3. The molecule has 2 aromatic carbocycles. The number of fused-ring (bicyclic) bond motifs is 1. The summed E-state index contributed by atoms with van der Waals surface area (Å²) < 4.78 is 5.84. The lowest BCUT2D eigenvalue weighted by Gasteiger charge is -2.11. The van der Waals surface area contributed by atoms with Gasteiger partial charge in [-0.05, 0) is 47.5 Å². The van der Waals surface area contributed by atoms with Crippen LogP contribution in [0.4, 0.5) is 5.82 Å². The van der Waals surface area contributed by atoms with E-state index >= 15 is 0 Å². The summed E-state index contributed by atoms with van der Waals surface area (Å²) in [7, 11) is 0. The van der Waals surface area contributed by atoms with Crippen molar-refractivity contribution in [2.24, 2.45) is 0 Å². The molecule has 0 bridgehead atoms. The molecule has 0 saturated carbocycles. The van der Waals surface area contributed by atoms with Crippen molar-refractivity contribution in [2.45, 2.75) is 13.2 Å². The van der Waals surface area contributed by atoms with Crippen LogP contribution in [-0.2, 0) is 13.2 Å². The highest BCUT2D eigenvalue weighted by Crippen LogP contribution is 2.19. The number of hydrogen-bond donors (Lipinski definition) is 3. The molecule has 3 heterocycles. The maximum Gasteiger partial charge on any atom is 0.279 e. The molecular formula is C27H22N6O3. The second kappa shape index (κ2) is 10.5. The number of amides is 2. The molecule has 0 unspecified atom stereocenters. The van der Waals surface area contributed by atoms with Crippen LogP contribution in [-0.4, -0.2) is 31.8 Å². The van der Waals surface area contributed by atoms with Gasteiger partial charge >= 0.3 is 0 Å². The molecule has 0 radical (unpaired) electrons. The number of aromatic nitrogens is 4. The zero-order valence-electron chi connectivity index (χ0n) is 19.1. The van der Waals surface area contributed by atoms with Crippen LogP contribution in [0.3, 0.4) is 0 Å². The van der Waals surface area contributed by atoms with Gasteiger partial charge in [0.15, 0.2) is 11.4 Å².